The Morgan fingerprint density at radius 2 is 1.76 bits per heavy atom. The van der Waals surface area contributed by atoms with Crippen molar-refractivity contribution in [2.24, 2.45) is 5.73 Å². The molecule has 0 aliphatic carbocycles. The fraction of sp³-hybridized carbons (Fsp3) is 0. The molecule has 104 valence electrons. The zero-order valence-electron chi connectivity index (χ0n) is 11.1. The lowest BCUT2D eigenvalue weighted by molar-refractivity contribution is 0.0998. The number of para-hydroxylation sites is 1. The quantitative estimate of drug-likeness (QED) is 0.721. The Hall–Kier alpha value is -3.08. The highest BCUT2D eigenvalue weighted by atomic mass is 16.5. The second-order valence-electron chi connectivity index (χ2n) is 4.55. The standard InChI is InChI=1S/C16H13N3O2/c17-10-5-7-11(8-6-10)21-15-12-3-1-2-4-14(12)19-9-13(15)16(18)20/h1-9H,17H2,(H2,18,20). The van der Waals surface area contributed by atoms with Crippen LogP contribution in [0.1, 0.15) is 10.4 Å². The highest BCUT2D eigenvalue weighted by Gasteiger charge is 2.15. The number of fused-ring (bicyclic) bond motifs is 1. The smallest absolute Gasteiger partial charge is 0.254 e. The number of benzene rings is 2. The summed E-state index contributed by atoms with van der Waals surface area (Å²) >= 11 is 0. The largest absolute Gasteiger partial charge is 0.456 e. The summed E-state index contributed by atoms with van der Waals surface area (Å²) in [7, 11) is 0. The van der Waals surface area contributed by atoms with Gasteiger partial charge in [0.1, 0.15) is 11.3 Å². The first-order valence-corrected chi connectivity index (χ1v) is 6.36. The van der Waals surface area contributed by atoms with Crippen LogP contribution in [0.5, 0.6) is 11.5 Å². The number of nitrogen functional groups attached to an aromatic ring is 1. The minimum atomic E-state index is -0.585. The van der Waals surface area contributed by atoms with E-state index in [2.05, 4.69) is 4.98 Å². The number of nitrogens with zero attached hydrogens (tertiary/aromatic N) is 1. The molecule has 5 heteroatoms. The first kappa shape index (κ1) is 12.9. The summed E-state index contributed by atoms with van der Waals surface area (Å²) in [5, 5.41) is 0.727. The van der Waals surface area contributed by atoms with Crippen LogP contribution in [0, 0.1) is 0 Å². The fourth-order valence-corrected chi connectivity index (χ4v) is 2.06. The van der Waals surface area contributed by atoms with Crippen molar-refractivity contribution in [3.63, 3.8) is 0 Å². The molecule has 0 spiro atoms. The van der Waals surface area contributed by atoms with Crippen LogP contribution in [0.4, 0.5) is 5.69 Å². The number of anilines is 1. The first-order chi connectivity index (χ1) is 10.1. The van der Waals surface area contributed by atoms with Crippen LogP contribution < -0.4 is 16.2 Å². The Morgan fingerprint density at radius 3 is 2.48 bits per heavy atom. The van der Waals surface area contributed by atoms with Crippen molar-refractivity contribution in [3.05, 3.63) is 60.3 Å². The van der Waals surface area contributed by atoms with Gasteiger partial charge in [0.15, 0.2) is 5.75 Å². The average Bonchev–Trinajstić information content (AvgIpc) is 2.49. The van der Waals surface area contributed by atoms with E-state index in [0.717, 1.165) is 10.9 Å². The molecule has 1 heterocycles. The molecule has 0 unspecified atom stereocenters. The van der Waals surface area contributed by atoms with Crippen LogP contribution in [0.15, 0.2) is 54.7 Å². The lowest BCUT2D eigenvalue weighted by Crippen LogP contribution is -2.13. The van der Waals surface area contributed by atoms with E-state index in [-0.39, 0.29) is 5.56 Å². The maximum atomic E-state index is 11.6. The third-order valence-corrected chi connectivity index (χ3v) is 3.09. The predicted molar refractivity (Wildman–Crippen MR) is 81.2 cm³/mol. The van der Waals surface area contributed by atoms with E-state index in [4.69, 9.17) is 16.2 Å². The Labute approximate surface area is 121 Å². The molecule has 0 atom stereocenters. The van der Waals surface area contributed by atoms with E-state index >= 15 is 0 Å². The van der Waals surface area contributed by atoms with Gasteiger partial charge in [0.25, 0.3) is 5.91 Å². The number of aromatic nitrogens is 1. The van der Waals surface area contributed by atoms with Crippen molar-refractivity contribution < 1.29 is 9.53 Å². The van der Waals surface area contributed by atoms with Crippen molar-refractivity contribution in [2.75, 3.05) is 5.73 Å². The molecule has 2 aromatic carbocycles. The Balaban J connectivity index is 2.16. The van der Waals surface area contributed by atoms with Crippen LogP contribution in [-0.4, -0.2) is 10.9 Å². The van der Waals surface area contributed by atoms with Crippen LogP contribution in [0.3, 0.4) is 0 Å². The summed E-state index contributed by atoms with van der Waals surface area (Å²) in [5.41, 5.74) is 12.7. The van der Waals surface area contributed by atoms with Gasteiger partial charge < -0.3 is 16.2 Å². The molecule has 0 saturated heterocycles. The van der Waals surface area contributed by atoms with Crippen LogP contribution in [0.25, 0.3) is 10.9 Å². The van der Waals surface area contributed by atoms with Crippen LogP contribution in [-0.2, 0) is 0 Å². The number of hydrogen-bond donors (Lipinski definition) is 2. The molecular weight excluding hydrogens is 266 g/mol. The summed E-state index contributed by atoms with van der Waals surface area (Å²) in [6.07, 6.45) is 1.43. The minimum Gasteiger partial charge on any atom is -0.456 e. The summed E-state index contributed by atoms with van der Waals surface area (Å²) in [6.45, 7) is 0. The summed E-state index contributed by atoms with van der Waals surface area (Å²) in [4.78, 5) is 15.8. The Kier molecular flexibility index (Phi) is 3.16. The van der Waals surface area contributed by atoms with Crippen molar-refractivity contribution in [1.82, 2.24) is 4.98 Å². The van der Waals surface area contributed by atoms with Gasteiger partial charge in [-0.3, -0.25) is 9.78 Å². The number of hydrogen-bond acceptors (Lipinski definition) is 4. The SMILES string of the molecule is NC(=O)c1cnc2ccccc2c1Oc1ccc(N)cc1. The van der Waals surface area contributed by atoms with Crippen molar-refractivity contribution in [3.8, 4) is 11.5 Å². The van der Waals surface area contributed by atoms with E-state index in [0.29, 0.717) is 17.2 Å². The number of nitrogens with two attached hydrogens (primary N) is 2. The monoisotopic (exact) mass is 279 g/mol. The zero-order chi connectivity index (χ0) is 14.8. The van der Waals surface area contributed by atoms with E-state index in [1.54, 1.807) is 24.3 Å². The second-order valence-corrected chi connectivity index (χ2v) is 4.55. The lowest BCUT2D eigenvalue weighted by Gasteiger charge is -2.12. The molecule has 1 amide bonds. The summed E-state index contributed by atoms with van der Waals surface area (Å²) in [6, 6.07) is 14.3. The molecule has 0 fully saturated rings. The molecule has 21 heavy (non-hydrogen) atoms. The summed E-state index contributed by atoms with van der Waals surface area (Å²) < 4.78 is 5.84. The van der Waals surface area contributed by atoms with Gasteiger partial charge in [-0.15, -0.1) is 0 Å². The normalized spacial score (nSPS) is 10.5. The number of primary amides is 1. The topological polar surface area (TPSA) is 91.2 Å². The predicted octanol–water partition coefficient (Wildman–Crippen LogP) is 2.71. The van der Waals surface area contributed by atoms with E-state index in [1.165, 1.54) is 6.20 Å². The number of pyridine rings is 1. The average molecular weight is 279 g/mol. The maximum Gasteiger partial charge on any atom is 0.254 e. The van der Waals surface area contributed by atoms with Gasteiger partial charge in [0.05, 0.1) is 5.52 Å². The van der Waals surface area contributed by atoms with Crippen molar-refractivity contribution in [1.29, 1.82) is 0 Å². The molecule has 3 rings (SSSR count). The van der Waals surface area contributed by atoms with Gasteiger partial charge in [-0.05, 0) is 36.4 Å². The third kappa shape index (κ3) is 2.49. The molecule has 4 N–H and O–H groups in total. The third-order valence-electron chi connectivity index (χ3n) is 3.09. The zero-order valence-corrected chi connectivity index (χ0v) is 11.1. The molecule has 0 saturated carbocycles. The van der Waals surface area contributed by atoms with Gasteiger partial charge in [0.2, 0.25) is 0 Å². The maximum absolute atomic E-state index is 11.6. The van der Waals surface area contributed by atoms with Crippen LogP contribution >= 0.6 is 0 Å². The number of ether oxygens (including phenoxy) is 1. The van der Waals surface area contributed by atoms with E-state index in [9.17, 15) is 4.79 Å². The van der Waals surface area contributed by atoms with Crippen LogP contribution in [0.2, 0.25) is 0 Å². The highest BCUT2D eigenvalue weighted by Crippen LogP contribution is 2.32. The van der Waals surface area contributed by atoms with E-state index < -0.39 is 5.91 Å². The second kappa shape index (κ2) is 5.13. The highest BCUT2D eigenvalue weighted by molar-refractivity contribution is 6.01. The van der Waals surface area contributed by atoms with Gasteiger partial charge in [-0.1, -0.05) is 12.1 Å². The van der Waals surface area contributed by atoms with Gasteiger partial charge in [-0.25, -0.2) is 0 Å². The minimum absolute atomic E-state index is 0.241. The Bertz CT molecular complexity index is 813. The molecule has 5 nitrogen and oxygen atoms in total. The van der Waals surface area contributed by atoms with Crippen molar-refractivity contribution >= 4 is 22.5 Å². The number of amides is 1. The molecular formula is C16H13N3O2. The number of carbonyl (C=O) groups excluding carboxylic acids is 1. The number of rotatable bonds is 3. The van der Waals surface area contributed by atoms with Crippen molar-refractivity contribution in [2.45, 2.75) is 0 Å². The molecule has 0 bridgehead atoms. The molecule has 0 aliphatic heterocycles. The molecule has 3 aromatic rings. The Morgan fingerprint density at radius 1 is 1.05 bits per heavy atom. The molecule has 1 aromatic heterocycles. The van der Waals surface area contributed by atoms with E-state index in [1.807, 2.05) is 24.3 Å². The van der Waals surface area contributed by atoms with Gasteiger partial charge in [0, 0.05) is 17.3 Å². The lowest BCUT2D eigenvalue weighted by atomic mass is 10.1. The summed E-state index contributed by atoms with van der Waals surface area (Å²) in [5.74, 6) is 0.389. The fourth-order valence-electron chi connectivity index (χ4n) is 2.06. The number of carbonyl (C=O) groups is 1. The molecule has 0 radical (unpaired) electrons. The first-order valence-electron chi connectivity index (χ1n) is 6.36. The van der Waals surface area contributed by atoms with Gasteiger partial charge in [-0.2, -0.15) is 0 Å². The van der Waals surface area contributed by atoms with Gasteiger partial charge >= 0.3 is 0 Å². The molecule has 0 aliphatic rings.